The van der Waals surface area contributed by atoms with E-state index in [4.69, 9.17) is 42.7 Å². The number of aliphatic hydroxyl groups is 3. The lowest BCUT2D eigenvalue weighted by atomic mass is 9.73. The number of oxime groups is 1. The Morgan fingerprint density at radius 3 is 2.17 bits per heavy atom. The number of ether oxygens (including phenoxy) is 8. The zero-order chi connectivity index (χ0) is 51.6. The normalized spacial score (nSPS) is 41.8. The second kappa shape index (κ2) is 25.8. The summed E-state index contributed by atoms with van der Waals surface area (Å²) in [4.78, 5) is 48.0. The van der Waals surface area contributed by atoms with Crippen LogP contribution in [0, 0.1) is 29.6 Å². The fourth-order valence-electron chi connectivity index (χ4n) is 11.4. The number of hydrogen-bond donors (Lipinski definition) is 5. The van der Waals surface area contributed by atoms with Gasteiger partial charge in [-0.25, -0.2) is 10.2 Å². The third-order valence-corrected chi connectivity index (χ3v) is 15.3. The highest BCUT2D eigenvalue weighted by Crippen LogP contribution is 2.42. The van der Waals surface area contributed by atoms with Crippen LogP contribution < -0.4 is 10.9 Å². The molecule has 1 aliphatic carbocycles. The summed E-state index contributed by atoms with van der Waals surface area (Å²) >= 11 is 0. The molecule has 3 heterocycles. The van der Waals surface area contributed by atoms with Gasteiger partial charge in [0.1, 0.15) is 23.9 Å². The van der Waals surface area contributed by atoms with E-state index in [1.54, 1.807) is 48.5 Å². The largest absolute Gasteiger partial charge is 0.459 e. The van der Waals surface area contributed by atoms with Gasteiger partial charge in [0.05, 0.1) is 53.8 Å². The Kier molecular flexibility index (Phi) is 22.0. The van der Waals surface area contributed by atoms with E-state index in [1.807, 2.05) is 32.8 Å². The first-order valence-electron chi connectivity index (χ1n) is 25.5. The molecule has 0 radical (unpaired) electrons. The van der Waals surface area contributed by atoms with E-state index in [0.717, 1.165) is 12.8 Å². The lowest BCUT2D eigenvalue weighted by Crippen LogP contribution is -2.62. The van der Waals surface area contributed by atoms with Crippen LogP contribution in [0.3, 0.4) is 0 Å². The molecule has 0 spiro atoms. The highest BCUT2D eigenvalue weighted by Gasteiger charge is 2.54. The van der Waals surface area contributed by atoms with Crippen LogP contribution in [0.15, 0.2) is 5.16 Å². The van der Waals surface area contributed by atoms with E-state index in [-0.39, 0.29) is 31.4 Å². The minimum atomic E-state index is -1.97. The third-order valence-electron chi connectivity index (χ3n) is 15.3. The Hall–Kier alpha value is -2.72. The zero-order valence-electron chi connectivity index (χ0n) is 44.4. The molecular formula is C50H90N4O15. The molecule has 3 aliphatic heterocycles. The molecule has 3 saturated heterocycles. The van der Waals surface area contributed by atoms with Gasteiger partial charge in [-0.1, -0.05) is 65.0 Å². The second-order valence-electron chi connectivity index (χ2n) is 21.4. The fraction of sp³-hybridized carbons (Fsp3) is 0.920. The number of rotatable bonds is 15. The van der Waals surface area contributed by atoms with Crippen molar-refractivity contribution in [1.29, 1.82) is 0 Å². The summed E-state index contributed by atoms with van der Waals surface area (Å²) in [5.74, 6) is -4.07. The summed E-state index contributed by atoms with van der Waals surface area (Å²) in [6, 6.07) is -0.385. The van der Waals surface area contributed by atoms with Gasteiger partial charge in [0.2, 0.25) is 0 Å². The Morgan fingerprint density at radius 2 is 1.58 bits per heavy atom. The number of carbonyl (C=O) groups excluding carboxylic acids is 3. The van der Waals surface area contributed by atoms with Gasteiger partial charge < -0.3 is 63.0 Å². The molecule has 5 N–H and O–H groups in total. The summed E-state index contributed by atoms with van der Waals surface area (Å²) in [5, 5.41) is 42.2. The Labute approximate surface area is 411 Å². The van der Waals surface area contributed by atoms with E-state index >= 15 is 0 Å². The number of hydrogen-bond acceptors (Lipinski definition) is 18. The average molecular weight is 987 g/mol. The van der Waals surface area contributed by atoms with Crippen LogP contribution in [0.4, 0.5) is 4.79 Å². The average Bonchev–Trinajstić information content (AvgIpc) is 3.28. The van der Waals surface area contributed by atoms with Crippen molar-refractivity contribution in [3.05, 3.63) is 0 Å². The number of esters is 2. The molecule has 69 heavy (non-hydrogen) atoms. The lowest BCUT2D eigenvalue weighted by Gasteiger charge is -2.49. The molecule has 4 aliphatic rings. The van der Waals surface area contributed by atoms with Crippen molar-refractivity contribution < 1.29 is 72.4 Å². The Bertz CT molecular complexity index is 1660. The fourth-order valence-corrected chi connectivity index (χ4v) is 11.4. The first-order chi connectivity index (χ1) is 32.3. The number of methoxy groups -OCH3 is 1. The molecule has 1 unspecified atom stereocenters. The van der Waals surface area contributed by atoms with Crippen LogP contribution >= 0.6 is 0 Å². The number of aliphatic hydroxyl groups excluding tert-OH is 1. The maximum Gasteiger partial charge on any atom is 0.422 e. The van der Waals surface area contributed by atoms with Crippen molar-refractivity contribution in [2.75, 3.05) is 34.9 Å². The first-order valence-corrected chi connectivity index (χ1v) is 25.5. The molecule has 400 valence electrons. The molecular weight excluding hydrogens is 897 g/mol. The van der Waals surface area contributed by atoms with Gasteiger partial charge in [0.15, 0.2) is 24.8 Å². The SMILES string of the molecule is CC[C@H]1OC(=O)[C@H](C)[C@@H](O[C@H]2C[C@@](C)(OC)[C@@H](OC(C)=O)[C@H](C)O2)[C@H](C)[C@@H](O[C@@H]2O[C@H](C)C[C@H](N(C)C)[C@H]2OC(=O)NNC)C(C)(O)C[C@@H](C)/C(=N\OCCCC2CCCCC2)[C@H](C)[C@@H](O)[C@]1(C)O. The number of nitrogens with zero attached hydrogens (tertiary/aromatic N) is 2. The van der Waals surface area contributed by atoms with Crippen molar-refractivity contribution in [1.82, 2.24) is 15.8 Å². The van der Waals surface area contributed by atoms with Gasteiger partial charge in [-0.3, -0.25) is 15.0 Å². The molecule has 1 amide bonds. The standard InChI is InChI=1S/C50H90N4O15/c1-16-37-50(11,60)42(56)30(4)39(53-62-24-20-23-35-21-18-17-19-22-35)28(2)26-48(9,59)43(69-46-41(68-47(58)52-51-12)36(54(13)14)25-29(3)63-46)31(5)40(32(6)45(57)66-37)67-38-27-49(10,61-15)44(33(7)64-38)65-34(8)55/h28-33,35-38,40-44,46,51,56,59-60H,16-27H2,1-15H3,(H,52,58)/b53-39+/t28-,29-,30+,31+,32-,33+,36+,37-,38+,40+,41-,42-,43-,44+,46+,48?,49-,50-/m1/s1. The van der Waals surface area contributed by atoms with Crippen molar-refractivity contribution in [2.45, 2.75) is 231 Å². The van der Waals surface area contributed by atoms with Crippen LogP contribution in [-0.2, 0) is 52.3 Å². The highest BCUT2D eigenvalue weighted by atomic mass is 16.7. The maximum absolute atomic E-state index is 14.7. The molecule has 19 nitrogen and oxygen atoms in total. The van der Waals surface area contributed by atoms with E-state index < -0.39 is 114 Å². The van der Waals surface area contributed by atoms with Gasteiger partial charge >= 0.3 is 18.0 Å². The van der Waals surface area contributed by atoms with Crippen LogP contribution in [0.25, 0.3) is 0 Å². The lowest BCUT2D eigenvalue weighted by molar-refractivity contribution is -0.318. The number of hydrazine groups is 1. The molecule has 0 aromatic heterocycles. The van der Waals surface area contributed by atoms with Gasteiger partial charge in [-0.05, 0) is 93.7 Å². The Balaban J connectivity index is 1.87. The summed E-state index contributed by atoms with van der Waals surface area (Å²) < 4.78 is 50.7. The molecule has 0 aromatic rings. The molecule has 4 rings (SSSR count). The molecule has 4 fully saturated rings. The number of nitrogens with one attached hydrogen (secondary N) is 2. The van der Waals surface area contributed by atoms with Crippen molar-refractivity contribution in [3.63, 3.8) is 0 Å². The van der Waals surface area contributed by atoms with Crippen LogP contribution in [-0.4, -0.2) is 163 Å². The summed E-state index contributed by atoms with van der Waals surface area (Å²) in [7, 11) is 6.77. The van der Waals surface area contributed by atoms with Crippen LogP contribution in [0.5, 0.6) is 0 Å². The predicted molar refractivity (Wildman–Crippen MR) is 256 cm³/mol. The maximum atomic E-state index is 14.7. The van der Waals surface area contributed by atoms with Crippen molar-refractivity contribution in [2.24, 2.45) is 34.7 Å². The van der Waals surface area contributed by atoms with Crippen molar-refractivity contribution >= 4 is 23.7 Å². The monoisotopic (exact) mass is 987 g/mol. The van der Waals surface area contributed by atoms with Gasteiger partial charge in [-0.2, -0.15) is 0 Å². The van der Waals surface area contributed by atoms with E-state index in [0.29, 0.717) is 24.7 Å². The topological polar surface area (TPSA) is 235 Å². The number of carbonyl (C=O) groups is 3. The predicted octanol–water partition coefficient (Wildman–Crippen LogP) is 5.39. The summed E-state index contributed by atoms with van der Waals surface area (Å²) in [6.45, 7) is 18.9. The van der Waals surface area contributed by atoms with Crippen LogP contribution in [0.2, 0.25) is 0 Å². The second-order valence-corrected chi connectivity index (χ2v) is 21.4. The first kappa shape index (κ1) is 58.8. The zero-order valence-corrected chi connectivity index (χ0v) is 44.4. The molecule has 18 atom stereocenters. The van der Waals surface area contributed by atoms with Gasteiger partial charge in [0.25, 0.3) is 0 Å². The number of likely N-dealkylation sites (N-methyl/N-ethyl adjacent to an activating group) is 1. The minimum Gasteiger partial charge on any atom is -0.459 e. The number of amides is 1. The van der Waals surface area contributed by atoms with E-state index in [1.165, 1.54) is 60.1 Å². The quantitative estimate of drug-likeness (QED) is 0.0599. The van der Waals surface area contributed by atoms with E-state index in [9.17, 15) is 29.7 Å². The molecule has 19 heteroatoms. The Morgan fingerprint density at radius 1 is 0.913 bits per heavy atom. The van der Waals surface area contributed by atoms with Gasteiger partial charge in [-0.15, -0.1) is 0 Å². The number of cyclic esters (lactones) is 1. The summed E-state index contributed by atoms with van der Waals surface area (Å²) in [6.07, 6.45) is -2.39. The summed E-state index contributed by atoms with van der Waals surface area (Å²) in [5.41, 5.74) is 0.577. The third kappa shape index (κ3) is 15.2. The van der Waals surface area contributed by atoms with Gasteiger partial charge in [0, 0.05) is 45.3 Å². The van der Waals surface area contributed by atoms with Crippen molar-refractivity contribution in [3.8, 4) is 0 Å². The minimum absolute atomic E-state index is 0.0256. The van der Waals surface area contributed by atoms with E-state index in [2.05, 4.69) is 16.0 Å². The highest BCUT2D eigenvalue weighted by molar-refractivity contribution is 5.88. The smallest absolute Gasteiger partial charge is 0.422 e. The molecule has 1 saturated carbocycles. The molecule has 0 aromatic carbocycles. The molecule has 0 bridgehead atoms. The van der Waals surface area contributed by atoms with Crippen LogP contribution in [0.1, 0.15) is 147 Å².